The van der Waals surface area contributed by atoms with Gasteiger partial charge in [-0.1, -0.05) is 19.8 Å². The highest BCUT2D eigenvalue weighted by molar-refractivity contribution is 4.87. The van der Waals surface area contributed by atoms with Gasteiger partial charge in [0, 0.05) is 25.2 Å². The highest BCUT2D eigenvalue weighted by Crippen LogP contribution is 2.28. The molecule has 20 heavy (non-hydrogen) atoms. The van der Waals surface area contributed by atoms with E-state index in [1.54, 1.807) is 0 Å². The number of ether oxygens (including phenoxy) is 1. The second kappa shape index (κ2) is 7.24. The lowest BCUT2D eigenvalue weighted by Crippen LogP contribution is -2.50. The Morgan fingerprint density at radius 1 is 1.15 bits per heavy atom. The largest absolute Gasteiger partial charge is 0.374 e. The summed E-state index contributed by atoms with van der Waals surface area (Å²) in [7, 11) is 0. The van der Waals surface area contributed by atoms with Gasteiger partial charge in [0.25, 0.3) is 0 Å². The maximum Gasteiger partial charge on any atom is 0.0827 e. The van der Waals surface area contributed by atoms with Gasteiger partial charge in [-0.05, 0) is 51.0 Å². The molecular weight excluding hydrogens is 248 g/mol. The summed E-state index contributed by atoms with van der Waals surface area (Å²) in [6.45, 7) is 6.80. The van der Waals surface area contributed by atoms with Crippen molar-refractivity contribution in [2.45, 2.75) is 76.5 Å². The fourth-order valence-corrected chi connectivity index (χ4v) is 4.37. The Balaban J connectivity index is 1.34. The molecule has 3 fully saturated rings. The van der Waals surface area contributed by atoms with Crippen LogP contribution < -0.4 is 5.32 Å². The molecule has 2 heterocycles. The summed E-state index contributed by atoms with van der Waals surface area (Å²) in [5, 5.41) is 3.78. The molecule has 0 bridgehead atoms. The molecule has 2 saturated heterocycles. The zero-order valence-corrected chi connectivity index (χ0v) is 13.2. The Labute approximate surface area is 124 Å². The molecule has 0 aromatic heterocycles. The average molecular weight is 280 g/mol. The molecule has 2 atom stereocenters. The second-order valence-electron chi connectivity index (χ2n) is 7.16. The van der Waals surface area contributed by atoms with Gasteiger partial charge in [0.15, 0.2) is 0 Å². The van der Waals surface area contributed by atoms with Gasteiger partial charge in [-0.2, -0.15) is 0 Å². The van der Waals surface area contributed by atoms with Crippen LogP contribution in [0, 0.1) is 5.92 Å². The van der Waals surface area contributed by atoms with Gasteiger partial charge in [-0.25, -0.2) is 0 Å². The summed E-state index contributed by atoms with van der Waals surface area (Å²) >= 11 is 0. The molecule has 1 saturated carbocycles. The van der Waals surface area contributed by atoms with Crippen molar-refractivity contribution in [1.82, 2.24) is 10.2 Å². The highest BCUT2D eigenvalue weighted by Gasteiger charge is 2.32. The van der Waals surface area contributed by atoms with Gasteiger partial charge in [-0.15, -0.1) is 0 Å². The zero-order valence-electron chi connectivity index (χ0n) is 13.2. The number of morpholine rings is 1. The molecule has 3 nitrogen and oxygen atoms in total. The van der Waals surface area contributed by atoms with E-state index in [0.29, 0.717) is 6.10 Å². The molecule has 0 radical (unpaired) electrons. The predicted octanol–water partition coefficient (Wildman–Crippen LogP) is 2.80. The maximum absolute atomic E-state index is 6.04. The van der Waals surface area contributed by atoms with E-state index in [1.165, 1.54) is 57.9 Å². The van der Waals surface area contributed by atoms with Crippen molar-refractivity contribution in [3.63, 3.8) is 0 Å². The van der Waals surface area contributed by atoms with Crippen molar-refractivity contribution in [2.75, 3.05) is 26.2 Å². The molecule has 1 aliphatic carbocycles. The molecule has 1 N–H and O–H groups in total. The standard InChI is InChI=1S/C17H32N2O/c1-2-4-14-6-8-15(9-7-14)18-11-17-12-19-10-3-5-16(19)13-20-17/h14-18H,2-13H2,1H3. The zero-order chi connectivity index (χ0) is 13.8. The second-order valence-corrected chi connectivity index (χ2v) is 7.16. The Morgan fingerprint density at radius 3 is 2.80 bits per heavy atom. The van der Waals surface area contributed by atoms with Gasteiger partial charge in [0.05, 0.1) is 12.7 Å². The van der Waals surface area contributed by atoms with E-state index in [4.69, 9.17) is 4.74 Å². The summed E-state index contributed by atoms with van der Waals surface area (Å²) in [6.07, 6.45) is 11.6. The van der Waals surface area contributed by atoms with Crippen LogP contribution in [0.5, 0.6) is 0 Å². The number of nitrogens with zero attached hydrogens (tertiary/aromatic N) is 1. The average Bonchev–Trinajstić information content (AvgIpc) is 2.94. The molecule has 3 aliphatic rings. The van der Waals surface area contributed by atoms with Crippen LogP contribution in [-0.4, -0.2) is 49.3 Å². The quantitative estimate of drug-likeness (QED) is 0.838. The van der Waals surface area contributed by atoms with Crippen molar-refractivity contribution in [3.05, 3.63) is 0 Å². The monoisotopic (exact) mass is 280 g/mol. The summed E-state index contributed by atoms with van der Waals surface area (Å²) in [4.78, 5) is 2.65. The van der Waals surface area contributed by atoms with Crippen LogP contribution in [0.15, 0.2) is 0 Å². The van der Waals surface area contributed by atoms with Crippen LogP contribution in [0.1, 0.15) is 58.3 Å². The fraction of sp³-hybridized carbons (Fsp3) is 1.00. The highest BCUT2D eigenvalue weighted by atomic mass is 16.5. The van der Waals surface area contributed by atoms with E-state index in [1.807, 2.05) is 0 Å². The Morgan fingerprint density at radius 2 is 2.00 bits per heavy atom. The minimum Gasteiger partial charge on any atom is -0.374 e. The Kier molecular flexibility index (Phi) is 5.36. The lowest BCUT2D eigenvalue weighted by atomic mass is 9.83. The first-order valence-electron chi connectivity index (χ1n) is 8.94. The van der Waals surface area contributed by atoms with E-state index in [0.717, 1.165) is 37.7 Å². The third-order valence-corrected chi connectivity index (χ3v) is 5.64. The smallest absolute Gasteiger partial charge is 0.0827 e. The van der Waals surface area contributed by atoms with E-state index in [2.05, 4.69) is 17.1 Å². The summed E-state index contributed by atoms with van der Waals surface area (Å²) in [5.74, 6) is 1.01. The minimum absolute atomic E-state index is 0.428. The van der Waals surface area contributed by atoms with Gasteiger partial charge in [0.2, 0.25) is 0 Å². The van der Waals surface area contributed by atoms with Crippen molar-refractivity contribution in [2.24, 2.45) is 5.92 Å². The van der Waals surface area contributed by atoms with Crippen LogP contribution in [-0.2, 0) is 4.74 Å². The molecule has 2 unspecified atom stereocenters. The van der Waals surface area contributed by atoms with Gasteiger partial charge in [0.1, 0.15) is 0 Å². The van der Waals surface area contributed by atoms with E-state index in [-0.39, 0.29) is 0 Å². The molecule has 2 aliphatic heterocycles. The SMILES string of the molecule is CCCC1CCC(NCC2CN3CCCC3CO2)CC1. The lowest BCUT2D eigenvalue weighted by molar-refractivity contribution is -0.0483. The molecule has 0 spiro atoms. The van der Waals surface area contributed by atoms with Crippen molar-refractivity contribution in [1.29, 1.82) is 0 Å². The number of hydrogen-bond donors (Lipinski definition) is 1. The van der Waals surface area contributed by atoms with Gasteiger partial charge < -0.3 is 10.1 Å². The summed E-state index contributed by atoms with van der Waals surface area (Å²) < 4.78 is 6.04. The molecule has 3 heteroatoms. The number of fused-ring (bicyclic) bond motifs is 1. The maximum atomic E-state index is 6.04. The van der Waals surface area contributed by atoms with Crippen LogP contribution in [0.4, 0.5) is 0 Å². The first-order chi connectivity index (χ1) is 9.85. The topological polar surface area (TPSA) is 24.5 Å². The molecule has 0 aromatic carbocycles. The van der Waals surface area contributed by atoms with Crippen LogP contribution in [0.2, 0.25) is 0 Å². The molecular formula is C17H32N2O. The predicted molar refractivity (Wildman–Crippen MR) is 83.0 cm³/mol. The number of hydrogen-bond acceptors (Lipinski definition) is 3. The van der Waals surface area contributed by atoms with Gasteiger partial charge >= 0.3 is 0 Å². The fourth-order valence-electron chi connectivity index (χ4n) is 4.37. The Bertz CT molecular complexity index is 289. The third-order valence-electron chi connectivity index (χ3n) is 5.64. The number of nitrogens with one attached hydrogen (secondary N) is 1. The first kappa shape index (κ1) is 14.8. The number of rotatable bonds is 5. The van der Waals surface area contributed by atoms with Crippen molar-refractivity contribution >= 4 is 0 Å². The summed E-state index contributed by atoms with van der Waals surface area (Å²) in [5.41, 5.74) is 0. The third kappa shape index (κ3) is 3.75. The van der Waals surface area contributed by atoms with Crippen LogP contribution >= 0.6 is 0 Å². The van der Waals surface area contributed by atoms with E-state index in [9.17, 15) is 0 Å². The first-order valence-corrected chi connectivity index (χ1v) is 8.94. The Hall–Kier alpha value is -0.120. The minimum atomic E-state index is 0.428. The van der Waals surface area contributed by atoms with Gasteiger partial charge in [-0.3, -0.25) is 4.90 Å². The lowest BCUT2D eigenvalue weighted by Gasteiger charge is -2.36. The van der Waals surface area contributed by atoms with Crippen LogP contribution in [0.25, 0.3) is 0 Å². The molecule has 0 aromatic rings. The normalized spacial score (nSPS) is 38.9. The van der Waals surface area contributed by atoms with Crippen molar-refractivity contribution in [3.8, 4) is 0 Å². The summed E-state index contributed by atoms with van der Waals surface area (Å²) in [6, 6.07) is 1.48. The molecule has 3 rings (SSSR count). The molecule has 0 amide bonds. The van der Waals surface area contributed by atoms with Crippen molar-refractivity contribution < 1.29 is 4.74 Å². The van der Waals surface area contributed by atoms with E-state index < -0.39 is 0 Å². The molecule has 116 valence electrons. The van der Waals surface area contributed by atoms with E-state index >= 15 is 0 Å². The van der Waals surface area contributed by atoms with Crippen LogP contribution in [0.3, 0.4) is 0 Å².